The number of hydrogen-bond acceptors (Lipinski definition) is 4. The van der Waals surface area contributed by atoms with Crippen LogP contribution in [-0.4, -0.2) is 31.7 Å². The van der Waals surface area contributed by atoms with E-state index in [9.17, 15) is 4.79 Å². The highest BCUT2D eigenvalue weighted by molar-refractivity contribution is 7.12. The maximum absolute atomic E-state index is 11.9. The van der Waals surface area contributed by atoms with Crippen molar-refractivity contribution >= 4 is 17.2 Å². The summed E-state index contributed by atoms with van der Waals surface area (Å²) in [5, 5.41) is 6.30. The van der Waals surface area contributed by atoms with Gasteiger partial charge in [-0.1, -0.05) is 0 Å². The van der Waals surface area contributed by atoms with Crippen molar-refractivity contribution in [2.75, 3.05) is 19.7 Å². The molecule has 2 heterocycles. The lowest BCUT2D eigenvalue weighted by atomic mass is 10.1. The van der Waals surface area contributed by atoms with Crippen LogP contribution in [0.4, 0.5) is 0 Å². The molecule has 2 N–H and O–H groups in total. The number of carbonyl (C=O) groups is 1. The second kappa shape index (κ2) is 7.20. The summed E-state index contributed by atoms with van der Waals surface area (Å²) in [6.07, 6.45) is 2.21. The Bertz CT molecular complexity index is 453. The van der Waals surface area contributed by atoms with E-state index in [0.29, 0.717) is 0 Å². The molecule has 1 aromatic rings. The molecule has 0 radical (unpaired) electrons. The fraction of sp³-hybridized carbons (Fsp3) is 0.667. The molecule has 5 heteroatoms. The fourth-order valence-electron chi connectivity index (χ4n) is 2.60. The Hall–Kier alpha value is -0.910. The van der Waals surface area contributed by atoms with Gasteiger partial charge in [0.1, 0.15) is 6.61 Å². The minimum absolute atomic E-state index is 0.0284. The number of piperidine rings is 1. The predicted molar refractivity (Wildman–Crippen MR) is 82.2 cm³/mol. The van der Waals surface area contributed by atoms with Crippen molar-refractivity contribution in [1.82, 2.24) is 10.6 Å². The van der Waals surface area contributed by atoms with Gasteiger partial charge in [0, 0.05) is 9.75 Å². The Labute approximate surface area is 124 Å². The van der Waals surface area contributed by atoms with Crippen LogP contribution in [0.3, 0.4) is 0 Å². The average Bonchev–Trinajstić information content (AvgIpc) is 2.77. The van der Waals surface area contributed by atoms with Crippen molar-refractivity contribution in [2.24, 2.45) is 0 Å². The minimum atomic E-state index is -0.0284. The van der Waals surface area contributed by atoms with E-state index in [-0.39, 0.29) is 24.7 Å². The third kappa shape index (κ3) is 4.30. The van der Waals surface area contributed by atoms with Crippen LogP contribution in [0.15, 0.2) is 6.07 Å². The summed E-state index contributed by atoms with van der Waals surface area (Å²) in [5.41, 5.74) is 1.21. The molecular formula is C15H24N2O2S. The molecule has 1 aliphatic heterocycles. The molecule has 1 fully saturated rings. The average molecular weight is 296 g/mol. The molecule has 1 unspecified atom stereocenters. The van der Waals surface area contributed by atoms with E-state index < -0.39 is 0 Å². The van der Waals surface area contributed by atoms with Crippen molar-refractivity contribution in [2.45, 2.75) is 45.8 Å². The second-order valence-electron chi connectivity index (χ2n) is 5.42. The van der Waals surface area contributed by atoms with Crippen LogP contribution >= 0.6 is 11.3 Å². The molecule has 1 amide bonds. The standard InChI is InChI=1S/C15H24N2O2S/c1-10-8-14(12(3)20-10)11(2)17-15(18)9-19-13-4-6-16-7-5-13/h8,11,13,16H,4-7,9H2,1-3H3,(H,17,18). The summed E-state index contributed by atoms with van der Waals surface area (Å²) in [6.45, 7) is 8.34. The first-order valence-electron chi connectivity index (χ1n) is 7.25. The molecule has 0 aliphatic carbocycles. The van der Waals surface area contributed by atoms with Gasteiger partial charge in [-0.15, -0.1) is 11.3 Å². The van der Waals surface area contributed by atoms with Crippen LogP contribution < -0.4 is 10.6 Å². The number of hydrogen-bond donors (Lipinski definition) is 2. The molecule has 20 heavy (non-hydrogen) atoms. The molecule has 2 rings (SSSR count). The number of carbonyl (C=O) groups excluding carboxylic acids is 1. The third-order valence-electron chi connectivity index (χ3n) is 3.66. The van der Waals surface area contributed by atoms with E-state index in [2.05, 4.69) is 30.5 Å². The Kier molecular flexibility index (Phi) is 5.57. The maximum atomic E-state index is 11.9. The summed E-state index contributed by atoms with van der Waals surface area (Å²) >= 11 is 1.77. The normalized spacial score (nSPS) is 17.9. The molecule has 1 saturated heterocycles. The quantitative estimate of drug-likeness (QED) is 0.876. The van der Waals surface area contributed by atoms with Crippen LogP contribution in [0, 0.1) is 13.8 Å². The highest BCUT2D eigenvalue weighted by Gasteiger charge is 2.17. The first-order valence-corrected chi connectivity index (χ1v) is 8.06. The topological polar surface area (TPSA) is 50.4 Å². The molecule has 1 atom stereocenters. The van der Waals surface area contributed by atoms with Crippen molar-refractivity contribution in [3.8, 4) is 0 Å². The van der Waals surface area contributed by atoms with Crippen molar-refractivity contribution < 1.29 is 9.53 Å². The highest BCUT2D eigenvalue weighted by atomic mass is 32.1. The third-order valence-corrected chi connectivity index (χ3v) is 4.64. The summed E-state index contributed by atoms with van der Waals surface area (Å²) < 4.78 is 5.67. The van der Waals surface area contributed by atoms with E-state index in [0.717, 1.165) is 25.9 Å². The zero-order valence-electron chi connectivity index (χ0n) is 12.5. The maximum Gasteiger partial charge on any atom is 0.246 e. The first kappa shape index (κ1) is 15.5. The van der Waals surface area contributed by atoms with Crippen LogP contribution in [-0.2, 0) is 9.53 Å². The van der Waals surface area contributed by atoms with Gasteiger partial charge in [-0.3, -0.25) is 4.79 Å². The van der Waals surface area contributed by atoms with Crippen molar-refractivity contribution in [3.63, 3.8) is 0 Å². The molecule has 4 nitrogen and oxygen atoms in total. The van der Waals surface area contributed by atoms with Gasteiger partial charge >= 0.3 is 0 Å². The van der Waals surface area contributed by atoms with Gasteiger partial charge in [0.25, 0.3) is 0 Å². The Morgan fingerprint density at radius 3 is 2.80 bits per heavy atom. The predicted octanol–water partition coefficient (Wildman–Crippen LogP) is 2.31. The number of amides is 1. The van der Waals surface area contributed by atoms with Crippen molar-refractivity contribution in [3.05, 3.63) is 21.4 Å². The smallest absolute Gasteiger partial charge is 0.246 e. The lowest BCUT2D eigenvalue weighted by molar-refractivity contribution is -0.128. The lowest BCUT2D eigenvalue weighted by Gasteiger charge is -2.23. The summed E-state index contributed by atoms with van der Waals surface area (Å²) in [5.74, 6) is -0.0284. The summed E-state index contributed by atoms with van der Waals surface area (Å²) in [6, 6.07) is 2.20. The SMILES string of the molecule is Cc1cc(C(C)NC(=O)COC2CCNCC2)c(C)s1. The van der Waals surface area contributed by atoms with E-state index in [4.69, 9.17) is 4.74 Å². The molecule has 0 saturated carbocycles. The molecule has 0 aromatic carbocycles. The number of ether oxygens (including phenoxy) is 1. The van der Waals surface area contributed by atoms with Gasteiger partial charge in [-0.05, 0) is 58.3 Å². The van der Waals surface area contributed by atoms with Crippen LogP contribution in [0.25, 0.3) is 0 Å². The van der Waals surface area contributed by atoms with Gasteiger partial charge in [-0.2, -0.15) is 0 Å². The van der Waals surface area contributed by atoms with E-state index in [1.165, 1.54) is 15.3 Å². The minimum Gasteiger partial charge on any atom is -0.368 e. The molecule has 0 bridgehead atoms. The van der Waals surface area contributed by atoms with Gasteiger partial charge < -0.3 is 15.4 Å². The monoisotopic (exact) mass is 296 g/mol. The van der Waals surface area contributed by atoms with Crippen molar-refractivity contribution in [1.29, 1.82) is 0 Å². The molecule has 112 valence electrons. The molecule has 1 aliphatic rings. The zero-order valence-corrected chi connectivity index (χ0v) is 13.3. The lowest BCUT2D eigenvalue weighted by Crippen LogP contribution is -2.36. The van der Waals surface area contributed by atoms with Crippen LogP contribution in [0.5, 0.6) is 0 Å². The zero-order chi connectivity index (χ0) is 14.5. The Balaban J connectivity index is 1.77. The van der Waals surface area contributed by atoms with Crippen LogP contribution in [0.2, 0.25) is 0 Å². The van der Waals surface area contributed by atoms with E-state index >= 15 is 0 Å². The Morgan fingerprint density at radius 1 is 1.50 bits per heavy atom. The van der Waals surface area contributed by atoms with Crippen LogP contribution in [0.1, 0.15) is 41.1 Å². The summed E-state index contributed by atoms with van der Waals surface area (Å²) in [4.78, 5) is 14.5. The number of rotatable bonds is 5. The number of nitrogens with one attached hydrogen (secondary N) is 2. The van der Waals surface area contributed by atoms with E-state index in [1.54, 1.807) is 11.3 Å². The fourth-order valence-corrected chi connectivity index (χ4v) is 3.62. The molecule has 0 spiro atoms. The largest absolute Gasteiger partial charge is 0.368 e. The van der Waals surface area contributed by atoms with Gasteiger partial charge in [0.15, 0.2) is 0 Å². The number of thiophene rings is 1. The highest BCUT2D eigenvalue weighted by Crippen LogP contribution is 2.26. The van der Waals surface area contributed by atoms with Gasteiger partial charge in [-0.25, -0.2) is 0 Å². The summed E-state index contributed by atoms with van der Waals surface area (Å²) in [7, 11) is 0. The van der Waals surface area contributed by atoms with Gasteiger partial charge in [0.05, 0.1) is 12.1 Å². The van der Waals surface area contributed by atoms with Gasteiger partial charge in [0.2, 0.25) is 5.91 Å². The second-order valence-corrected chi connectivity index (χ2v) is 6.88. The Morgan fingerprint density at radius 2 is 2.20 bits per heavy atom. The molecular weight excluding hydrogens is 272 g/mol. The molecule has 1 aromatic heterocycles. The van der Waals surface area contributed by atoms with E-state index in [1.807, 2.05) is 6.92 Å². The first-order chi connectivity index (χ1) is 9.56. The number of aryl methyl sites for hydroxylation is 2.